The number of para-hydroxylation sites is 1. The van der Waals surface area contributed by atoms with Crippen LogP contribution in [0.25, 0.3) is 10.2 Å². The number of fused-ring (bicyclic) bond motifs is 2. The number of nitrogens with two attached hydrogens (primary N) is 2. The lowest BCUT2D eigenvalue weighted by atomic mass is 10.1. The van der Waals surface area contributed by atoms with Crippen LogP contribution in [0.15, 0.2) is 59.6 Å². The molecule has 12 heteroatoms. The Balaban J connectivity index is 1.24. The van der Waals surface area contributed by atoms with Gasteiger partial charge in [-0.15, -0.1) is 11.3 Å². The molecule has 5 rings (SSSR count). The first-order chi connectivity index (χ1) is 20.3. The summed E-state index contributed by atoms with van der Waals surface area (Å²) >= 11 is 1.27. The summed E-state index contributed by atoms with van der Waals surface area (Å²) in [4.78, 5) is 65.1. The number of carbonyl (C=O) groups is 4. The van der Waals surface area contributed by atoms with Crippen molar-refractivity contribution in [3.8, 4) is 0 Å². The molecule has 0 unspecified atom stereocenters. The van der Waals surface area contributed by atoms with Gasteiger partial charge in [0.1, 0.15) is 12.1 Å². The third kappa shape index (κ3) is 6.59. The lowest BCUT2D eigenvalue weighted by molar-refractivity contribution is -0.157. The number of amides is 3. The molecule has 42 heavy (non-hydrogen) atoms. The number of nitrogens with one attached hydrogen (secondary N) is 1. The summed E-state index contributed by atoms with van der Waals surface area (Å²) < 4.78 is 0.871. The molecule has 0 aliphatic carbocycles. The number of hydrogen-bond acceptors (Lipinski definition) is 7. The van der Waals surface area contributed by atoms with Crippen LogP contribution in [0, 0.1) is 0 Å². The molecule has 2 aromatic carbocycles. The number of hydrogen-bond donors (Lipinski definition) is 3. The van der Waals surface area contributed by atoms with Crippen LogP contribution in [0.2, 0.25) is 0 Å². The first-order valence-corrected chi connectivity index (χ1v) is 15.0. The van der Waals surface area contributed by atoms with E-state index in [1.807, 2.05) is 54.6 Å². The van der Waals surface area contributed by atoms with Crippen molar-refractivity contribution in [2.24, 2.45) is 16.5 Å². The molecule has 3 atom stereocenters. The number of guanidine groups is 1. The van der Waals surface area contributed by atoms with Gasteiger partial charge in [-0.25, -0.2) is 4.98 Å². The number of aliphatic imine (C=N–C) groups is 1. The number of carbonyl (C=O) groups excluding carboxylic acids is 4. The smallest absolute Gasteiger partial charge is 0.245 e. The number of piperazine rings is 1. The third-order valence-corrected chi connectivity index (χ3v) is 8.77. The Morgan fingerprint density at radius 3 is 2.57 bits per heavy atom. The van der Waals surface area contributed by atoms with Crippen LogP contribution in [0.4, 0.5) is 0 Å². The van der Waals surface area contributed by atoms with Crippen molar-refractivity contribution in [1.29, 1.82) is 0 Å². The van der Waals surface area contributed by atoms with Crippen LogP contribution in [0.3, 0.4) is 0 Å². The van der Waals surface area contributed by atoms with E-state index in [0.29, 0.717) is 42.9 Å². The van der Waals surface area contributed by atoms with E-state index in [9.17, 15) is 19.2 Å². The van der Waals surface area contributed by atoms with Gasteiger partial charge < -0.3 is 26.6 Å². The first kappa shape index (κ1) is 29.2. The molecule has 0 bridgehead atoms. The zero-order valence-electron chi connectivity index (χ0n) is 23.3. The molecular weight excluding hydrogens is 554 g/mol. The number of rotatable bonds is 12. The van der Waals surface area contributed by atoms with Gasteiger partial charge in [0.05, 0.1) is 22.8 Å². The summed E-state index contributed by atoms with van der Waals surface area (Å²) in [5.74, 6) is -1.18. The Kier molecular flexibility index (Phi) is 9.11. The maximum Gasteiger partial charge on any atom is 0.245 e. The minimum Gasteiger partial charge on any atom is -0.370 e. The van der Waals surface area contributed by atoms with Crippen LogP contribution < -0.4 is 16.8 Å². The zero-order valence-corrected chi connectivity index (χ0v) is 24.1. The number of thiazole rings is 1. The fourth-order valence-electron chi connectivity index (χ4n) is 5.67. The van der Waals surface area contributed by atoms with Crippen molar-refractivity contribution in [3.05, 3.63) is 65.2 Å². The van der Waals surface area contributed by atoms with Gasteiger partial charge in [-0.05, 0) is 56.2 Å². The topological polar surface area (TPSA) is 164 Å². The van der Waals surface area contributed by atoms with Gasteiger partial charge in [-0.2, -0.15) is 0 Å². The summed E-state index contributed by atoms with van der Waals surface area (Å²) in [6, 6.07) is 15.1. The van der Waals surface area contributed by atoms with Gasteiger partial charge in [0.15, 0.2) is 11.0 Å². The highest BCUT2D eigenvalue weighted by Gasteiger charge is 2.49. The van der Waals surface area contributed by atoms with E-state index in [1.165, 1.54) is 21.8 Å². The monoisotopic (exact) mass is 589 g/mol. The van der Waals surface area contributed by atoms with Gasteiger partial charge in [0.25, 0.3) is 0 Å². The quantitative estimate of drug-likeness (QED) is 0.126. The molecule has 3 heterocycles. The Morgan fingerprint density at radius 2 is 1.81 bits per heavy atom. The minimum atomic E-state index is -0.878. The van der Waals surface area contributed by atoms with E-state index in [0.717, 1.165) is 17.5 Å². The van der Waals surface area contributed by atoms with Crippen LogP contribution in [-0.2, 0) is 20.8 Å². The number of ketones is 1. The van der Waals surface area contributed by atoms with Gasteiger partial charge in [-0.3, -0.25) is 24.2 Å². The Labute approximate surface area is 248 Å². The molecule has 2 saturated heterocycles. The zero-order chi connectivity index (χ0) is 29.6. The fourth-order valence-corrected chi connectivity index (χ4v) is 6.63. The average Bonchev–Trinajstić information content (AvgIpc) is 3.63. The van der Waals surface area contributed by atoms with Crippen molar-refractivity contribution < 1.29 is 19.2 Å². The van der Waals surface area contributed by atoms with Crippen LogP contribution >= 0.6 is 11.3 Å². The lowest BCUT2D eigenvalue weighted by Crippen LogP contribution is -2.62. The number of aromatic nitrogens is 1. The van der Waals surface area contributed by atoms with Gasteiger partial charge in [0, 0.05) is 13.1 Å². The van der Waals surface area contributed by atoms with Crippen molar-refractivity contribution in [3.63, 3.8) is 0 Å². The average molecular weight is 590 g/mol. The van der Waals surface area contributed by atoms with E-state index in [1.54, 1.807) is 4.90 Å². The fraction of sp³-hybridized carbons (Fsp3) is 0.400. The summed E-state index contributed by atoms with van der Waals surface area (Å²) in [7, 11) is 0. The predicted molar refractivity (Wildman–Crippen MR) is 161 cm³/mol. The summed E-state index contributed by atoms with van der Waals surface area (Å²) in [5.41, 5.74) is 12.8. The van der Waals surface area contributed by atoms with Crippen molar-refractivity contribution in [1.82, 2.24) is 20.1 Å². The van der Waals surface area contributed by atoms with Crippen LogP contribution in [0.5, 0.6) is 0 Å². The highest BCUT2D eigenvalue weighted by atomic mass is 32.1. The lowest BCUT2D eigenvalue weighted by Gasteiger charge is -2.38. The number of benzene rings is 2. The molecule has 3 amide bonds. The number of Topliss-reactive ketones (excluding diaryl/α,β-unsaturated/α-hetero) is 1. The van der Waals surface area contributed by atoms with Gasteiger partial charge >= 0.3 is 0 Å². The van der Waals surface area contributed by atoms with Crippen LogP contribution in [-0.4, -0.2) is 82.0 Å². The molecule has 11 nitrogen and oxygen atoms in total. The summed E-state index contributed by atoms with van der Waals surface area (Å²) in [6.45, 7) is 0.724. The second kappa shape index (κ2) is 13.1. The molecule has 5 N–H and O–H groups in total. The highest BCUT2D eigenvalue weighted by Crippen LogP contribution is 2.30. The standard InChI is InChI=1S/C30H35N7O4S/c31-30(32)33-16-6-12-21(26(39)28-35-20-11-4-5-13-24(20)42-28)34-27(40)22-14-15-23-29(41)36(18-25(38)37(22)23)17-7-10-19-8-2-1-3-9-19/h1-5,8-9,11,13,21-23H,6-7,10,12,14-18H2,(H,34,40)(H4,31,32,33)/t21-,22-,23-/m0/s1. The Bertz CT molecular complexity index is 1450. The van der Waals surface area contributed by atoms with E-state index in [2.05, 4.69) is 15.3 Å². The minimum absolute atomic E-state index is 0.0486. The summed E-state index contributed by atoms with van der Waals surface area (Å²) in [5, 5.41) is 3.16. The van der Waals surface area contributed by atoms with Crippen LogP contribution in [0.1, 0.15) is 47.5 Å². The molecule has 0 saturated carbocycles. The van der Waals surface area contributed by atoms with E-state index in [4.69, 9.17) is 11.5 Å². The molecule has 1 aromatic heterocycles. The van der Waals surface area contributed by atoms with Crippen molar-refractivity contribution >= 4 is 51.0 Å². The molecule has 0 spiro atoms. The molecule has 2 fully saturated rings. The molecule has 2 aliphatic heterocycles. The van der Waals surface area contributed by atoms with Crippen molar-refractivity contribution in [2.45, 2.75) is 56.7 Å². The third-order valence-electron chi connectivity index (χ3n) is 7.72. The Morgan fingerprint density at radius 1 is 1.05 bits per heavy atom. The maximum absolute atomic E-state index is 13.6. The molecular formula is C30H35N7O4S. The van der Waals surface area contributed by atoms with E-state index >= 15 is 0 Å². The van der Waals surface area contributed by atoms with Crippen molar-refractivity contribution in [2.75, 3.05) is 19.6 Å². The predicted octanol–water partition coefficient (Wildman–Crippen LogP) is 1.85. The number of aryl methyl sites for hydroxylation is 1. The molecule has 2 aliphatic rings. The van der Waals surface area contributed by atoms with Gasteiger partial charge in [0.2, 0.25) is 23.5 Å². The largest absolute Gasteiger partial charge is 0.370 e. The first-order valence-electron chi connectivity index (χ1n) is 14.2. The normalized spacial score (nSPS) is 19.0. The summed E-state index contributed by atoms with van der Waals surface area (Å²) in [6.07, 6.45) is 3.04. The number of nitrogens with zero attached hydrogens (tertiary/aromatic N) is 4. The maximum atomic E-state index is 13.6. The SMILES string of the molecule is NC(N)=NCCC[C@H](NC(=O)[C@@H]1CC[C@H]2C(=O)N(CCCc3ccccc3)CC(=O)N12)C(=O)c1nc2ccccc2s1. The van der Waals surface area contributed by atoms with E-state index < -0.39 is 24.0 Å². The van der Waals surface area contributed by atoms with E-state index in [-0.39, 0.29) is 36.5 Å². The molecule has 3 aromatic rings. The molecule has 0 radical (unpaired) electrons. The second-order valence-corrected chi connectivity index (χ2v) is 11.7. The highest BCUT2D eigenvalue weighted by molar-refractivity contribution is 7.20. The Hall–Kier alpha value is -4.32. The second-order valence-electron chi connectivity index (χ2n) is 10.6. The van der Waals surface area contributed by atoms with Gasteiger partial charge in [-0.1, -0.05) is 42.5 Å². The molecule has 220 valence electrons.